The van der Waals surface area contributed by atoms with E-state index in [9.17, 15) is 4.79 Å². The van der Waals surface area contributed by atoms with Gasteiger partial charge in [-0.1, -0.05) is 24.3 Å². The van der Waals surface area contributed by atoms with Gasteiger partial charge < -0.3 is 10.1 Å². The number of aliphatic imine (C=N–C) groups is 1. The summed E-state index contributed by atoms with van der Waals surface area (Å²) in [7, 11) is 1.62. The quantitative estimate of drug-likeness (QED) is 0.734. The van der Waals surface area contributed by atoms with Crippen LogP contribution >= 0.6 is 0 Å². The summed E-state index contributed by atoms with van der Waals surface area (Å²) >= 11 is 0. The number of rotatable bonds is 3. The highest BCUT2D eigenvalue weighted by Gasteiger charge is 2.25. The molecular weight excluding hydrogens is 354 g/mol. The second-order valence-corrected chi connectivity index (χ2v) is 6.67. The Kier molecular flexibility index (Phi) is 4.57. The smallest absolute Gasteiger partial charge is 0.257 e. The van der Waals surface area contributed by atoms with Crippen molar-refractivity contribution < 1.29 is 4.74 Å². The van der Waals surface area contributed by atoms with Crippen LogP contribution in [0.2, 0.25) is 0 Å². The lowest BCUT2D eigenvalue weighted by molar-refractivity contribution is 0.414. The van der Waals surface area contributed by atoms with Crippen LogP contribution in [0.25, 0.3) is 0 Å². The van der Waals surface area contributed by atoms with Crippen LogP contribution in [0.1, 0.15) is 23.0 Å². The van der Waals surface area contributed by atoms with Crippen molar-refractivity contribution in [1.29, 1.82) is 0 Å². The lowest BCUT2D eigenvalue weighted by Crippen LogP contribution is -2.37. The molecule has 0 spiro atoms. The molecule has 1 aliphatic heterocycles. The normalized spacial score (nSPS) is 15.2. The van der Waals surface area contributed by atoms with Gasteiger partial charge in [0.2, 0.25) is 11.9 Å². The minimum atomic E-state index is -0.532. The summed E-state index contributed by atoms with van der Waals surface area (Å²) in [6, 6.07) is 17.0. The van der Waals surface area contributed by atoms with Gasteiger partial charge in [0.1, 0.15) is 5.75 Å². The SMILES string of the molecule is COc1ccc([C@@H]2N=C(Nc3cccc(C)c3)Nc3nc(C)cc(=O)n32)cc1. The van der Waals surface area contributed by atoms with Gasteiger partial charge in [-0.2, -0.15) is 0 Å². The third-order valence-electron chi connectivity index (χ3n) is 4.50. The number of guanidine groups is 1. The molecule has 2 aromatic carbocycles. The Bertz CT molecular complexity index is 1100. The van der Waals surface area contributed by atoms with Crippen molar-refractivity contribution in [1.82, 2.24) is 9.55 Å². The molecule has 0 saturated heterocycles. The number of ether oxygens (including phenoxy) is 1. The van der Waals surface area contributed by atoms with Gasteiger partial charge in [-0.3, -0.25) is 14.7 Å². The molecular formula is C21H21N5O2. The van der Waals surface area contributed by atoms with E-state index >= 15 is 0 Å². The van der Waals surface area contributed by atoms with E-state index in [0.717, 1.165) is 22.6 Å². The van der Waals surface area contributed by atoms with Crippen LogP contribution in [0.15, 0.2) is 64.4 Å². The number of nitrogens with one attached hydrogen (secondary N) is 2. The molecule has 2 heterocycles. The number of nitrogens with zero attached hydrogens (tertiary/aromatic N) is 3. The Morgan fingerprint density at radius 1 is 1.11 bits per heavy atom. The van der Waals surface area contributed by atoms with Crippen molar-refractivity contribution in [2.24, 2.45) is 4.99 Å². The Hall–Kier alpha value is -3.61. The van der Waals surface area contributed by atoms with Gasteiger partial charge in [0.25, 0.3) is 5.56 Å². The number of methoxy groups -OCH3 is 1. The molecule has 0 aliphatic carbocycles. The topological polar surface area (TPSA) is 80.5 Å². The molecule has 0 radical (unpaired) electrons. The van der Waals surface area contributed by atoms with Crippen LogP contribution in [0.4, 0.5) is 11.6 Å². The standard InChI is InChI=1S/C21H21N5O2/c1-13-5-4-6-16(11-13)23-20-24-19(15-7-9-17(28-3)10-8-15)26-18(27)12-14(2)22-21(26)25-20/h4-12,19H,1-3H3,(H2,22,23,24,25)/t19-/m1/s1. The molecule has 1 aliphatic rings. The highest BCUT2D eigenvalue weighted by Crippen LogP contribution is 2.27. The van der Waals surface area contributed by atoms with Crippen LogP contribution in [0.3, 0.4) is 0 Å². The van der Waals surface area contributed by atoms with Crippen LogP contribution in [-0.4, -0.2) is 22.6 Å². The van der Waals surface area contributed by atoms with Gasteiger partial charge in [-0.05, 0) is 49.2 Å². The minimum absolute atomic E-state index is 0.158. The number of benzene rings is 2. The molecule has 4 rings (SSSR count). The van der Waals surface area contributed by atoms with Gasteiger partial charge in [-0.15, -0.1) is 0 Å². The summed E-state index contributed by atoms with van der Waals surface area (Å²) in [5.41, 5.74) is 3.39. The van der Waals surface area contributed by atoms with E-state index in [1.165, 1.54) is 6.07 Å². The second kappa shape index (κ2) is 7.19. The minimum Gasteiger partial charge on any atom is -0.497 e. The number of hydrogen-bond acceptors (Lipinski definition) is 6. The van der Waals surface area contributed by atoms with Crippen LogP contribution in [0, 0.1) is 13.8 Å². The first-order chi connectivity index (χ1) is 13.5. The molecule has 0 amide bonds. The second-order valence-electron chi connectivity index (χ2n) is 6.67. The molecule has 1 aromatic heterocycles. The molecule has 28 heavy (non-hydrogen) atoms. The maximum atomic E-state index is 12.7. The van der Waals surface area contributed by atoms with Gasteiger partial charge in [0.15, 0.2) is 6.17 Å². The average molecular weight is 375 g/mol. The van der Waals surface area contributed by atoms with E-state index in [2.05, 4.69) is 15.6 Å². The van der Waals surface area contributed by atoms with Crippen molar-refractivity contribution in [3.8, 4) is 5.75 Å². The molecule has 7 nitrogen and oxygen atoms in total. The van der Waals surface area contributed by atoms with E-state index in [-0.39, 0.29) is 5.56 Å². The summed E-state index contributed by atoms with van der Waals surface area (Å²) in [5, 5.41) is 6.42. The molecule has 1 atom stereocenters. The Labute approximate surface area is 162 Å². The third-order valence-corrected chi connectivity index (χ3v) is 4.50. The number of fused-ring (bicyclic) bond motifs is 1. The summed E-state index contributed by atoms with van der Waals surface area (Å²) in [6.45, 7) is 3.83. The lowest BCUT2D eigenvalue weighted by atomic mass is 10.1. The van der Waals surface area contributed by atoms with Crippen molar-refractivity contribution in [3.63, 3.8) is 0 Å². The first-order valence-electron chi connectivity index (χ1n) is 8.96. The van der Waals surface area contributed by atoms with E-state index < -0.39 is 6.17 Å². The monoisotopic (exact) mass is 375 g/mol. The third kappa shape index (κ3) is 3.46. The highest BCUT2D eigenvalue weighted by molar-refractivity contribution is 6.03. The Balaban J connectivity index is 1.78. The maximum Gasteiger partial charge on any atom is 0.257 e. The summed E-state index contributed by atoms with van der Waals surface area (Å²) in [5.74, 6) is 1.73. The van der Waals surface area contributed by atoms with Crippen molar-refractivity contribution >= 4 is 17.6 Å². The van der Waals surface area contributed by atoms with Crippen molar-refractivity contribution in [2.45, 2.75) is 20.0 Å². The van der Waals surface area contributed by atoms with E-state index in [0.29, 0.717) is 17.6 Å². The predicted molar refractivity (Wildman–Crippen MR) is 110 cm³/mol. The zero-order chi connectivity index (χ0) is 19.7. The largest absolute Gasteiger partial charge is 0.497 e. The van der Waals surface area contributed by atoms with E-state index in [4.69, 9.17) is 9.73 Å². The number of hydrogen-bond donors (Lipinski definition) is 2. The van der Waals surface area contributed by atoms with Gasteiger partial charge in [0, 0.05) is 17.4 Å². The lowest BCUT2D eigenvalue weighted by Gasteiger charge is -2.27. The van der Waals surface area contributed by atoms with Gasteiger partial charge in [0.05, 0.1) is 7.11 Å². The first-order valence-corrected chi connectivity index (χ1v) is 8.96. The molecule has 142 valence electrons. The molecule has 0 saturated carbocycles. The van der Waals surface area contributed by atoms with E-state index in [1.807, 2.05) is 55.5 Å². The summed E-state index contributed by atoms with van der Waals surface area (Å²) in [6.07, 6.45) is -0.532. The number of aryl methyl sites for hydroxylation is 2. The summed E-state index contributed by atoms with van der Waals surface area (Å²) < 4.78 is 6.79. The fraction of sp³-hybridized carbons (Fsp3) is 0.190. The fourth-order valence-corrected chi connectivity index (χ4v) is 3.17. The summed E-state index contributed by atoms with van der Waals surface area (Å²) in [4.78, 5) is 21.9. The predicted octanol–water partition coefficient (Wildman–Crippen LogP) is 3.31. The van der Waals surface area contributed by atoms with Crippen LogP contribution in [-0.2, 0) is 0 Å². The zero-order valence-electron chi connectivity index (χ0n) is 15.9. The Morgan fingerprint density at radius 3 is 2.61 bits per heavy atom. The molecule has 0 unspecified atom stereocenters. The Morgan fingerprint density at radius 2 is 1.89 bits per heavy atom. The molecule has 2 N–H and O–H groups in total. The van der Waals surface area contributed by atoms with E-state index in [1.54, 1.807) is 18.6 Å². The van der Waals surface area contributed by atoms with Crippen LogP contribution < -0.4 is 20.9 Å². The highest BCUT2D eigenvalue weighted by atomic mass is 16.5. The van der Waals surface area contributed by atoms with Gasteiger partial charge >= 0.3 is 0 Å². The van der Waals surface area contributed by atoms with Crippen LogP contribution in [0.5, 0.6) is 5.75 Å². The fourth-order valence-electron chi connectivity index (χ4n) is 3.17. The number of anilines is 2. The average Bonchev–Trinajstić information content (AvgIpc) is 2.67. The molecule has 0 bridgehead atoms. The van der Waals surface area contributed by atoms with Crippen molar-refractivity contribution in [2.75, 3.05) is 17.7 Å². The zero-order valence-corrected chi connectivity index (χ0v) is 15.9. The number of aromatic nitrogens is 2. The first kappa shape index (κ1) is 17.8. The maximum absolute atomic E-state index is 12.7. The molecule has 0 fully saturated rings. The van der Waals surface area contributed by atoms with Gasteiger partial charge in [-0.25, -0.2) is 9.98 Å². The molecule has 3 aromatic rings. The van der Waals surface area contributed by atoms with Crippen molar-refractivity contribution in [3.05, 3.63) is 81.8 Å². The molecule has 7 heteroatoms.